The predicted octanol–water partition coefficient (Wildman–Crippen LogP) is -2.32. The second-order valence-electron chi connectivity index (χ2n) is 0. The summed E-state index contributed by atoms with van der Waals surface area (Å²) in [6, 6.07) is 0. The van der Waals surface area contributed by atoms with Crippen molar-refractivity contribution in [3.63, 3.8) is 0 Å². The molecule has 0 aromatic heterocycles. The first-order valence-electron chi connectivity index (χ1n) is 0. The molecule has 0 fully saturated rings. The van der Waals surface area contributed by atoms with Crippen molar-refractivity contribution in [3.8, 4) is 0 Å². The SMILES string of the molecule is O.[AlH3].[Ca+2].[H-].[H-].[H-].[H-].[Sr+2].[Zn]. The fourth-order valence-electron chi connectivity index (χ4n) is 0. The van der Waals surface area contributed by atoms with E-state index in [1.54, 1.807) is 0 Å². The Balaban J connectivity index is 0. The zero-order valence-electron chi connectivity index (χ0n) is 6.62. The van der Waals surface area contributed by atoms with Crippen molar-refractivity contribution in [2.24, 2.45) is 0 Å². The third kappa shape index (κ3) is 18.1. The van der Waals surface area contributed by atoms with E-state index in [1.165, 1.54) is 0 Å². The molecule has 5 heteroatoms. The molecule has 5 heavy (non-hydrogen) atoms. The number of hydrogen-bond acceptors (Lipinski definition) is 0. The van der Waals surface area contributed by atoms with Crippen LogP contribution in [0.1, 0.15) is 5.71 Å². The summed E-state index contributed by atoms with van der Waals surface area (Å²) in [6.45, 7) is 0. The van der Waals surface area contributed by atoms with Crippen molar-refractivity contribution in [2.75, 3.05) is 0 Å². The minimum atomic E-state index is 0. The van der Waals surface area contributed by atoms with E-state index in [0.717, 1.165) is 0 Å². The maximum absolute atomic E-state index is 0. The molecule has 0 atom stereocenters. The second kappa shape index (κ2) is 24.8. The molecule has 0 radical (unpaired) electrons. The van der Waals surface area contributed by atoms with E-state index in [4.69, 9.17) is 0 Å². The first kappa shape index (κ1) is 36.8. The molecular weight excluding hydrogens is 236 g/mol. The van der Waals surface area contributed by atoms with E-state index in [1.807, 2.05) is 0 Å². The molecule has 0 aromatic carbocycles. The van der Waals surface area contributed by atoms with E-state index < -0.39 is 0 Å². The van der Waals surface area contributed by atoms with Crippen molar-refractivity contribution in [1.29, 1.82) is 0 Å². The van der Waals surface area contributed by atoms with Gasteiger partial charge in [-0.1, -0.05) is 0 Å². The van der Waals surface area contributed by atoms with Gasteiger partial charge in [-0.05, 0) is 0 Å². The minimum absolute atomic E-state index is 0. The molecule has 0 heterocycles. The Hall–Kier alpha value is 3.86. The summed E-state index contributed by atoms with van der Waals surface area (Å²) in [7, 11) is 0. The molecule has 0 saturated heterocycles. The summed E-state index contributed by atoms with van der Waals surface area (Å²) >= 11 is 0. The van der Waals surface area contributed by atoms with Crippen LogP contribution in [0.4, 0.5) is 0 Å². The van der Waals surface area contributed by atoms with Crippen LogP contribution in [0.25, 0.3) is 0 Å². The maximum Gasteiger partial charge on any atom is 2.00 e. The van der Waals surface area contributed by atoms with Gasteiger partial charge in [0.2, 0.25) is 0 Å². The molecular formula is H9AlCaOSrZn. The summed E-state index contributed by atoms with van der Waals surface area (Å²) in [5.74, 6) is 0. The Morgan fingerprint density at radius 1 is 1.20 bits per heavy atom. The standard InChI is InChI=1S/Al.Ca.H2O.Sr.Zn.7H/h;;1H2;;;;;;;;;/q;+2;;+2;;;;;4*-1. The molecule has 0 unspecified atom stereocenters. The van der Waals surface area contributed by atoms with E-state index in [2.05, 4.69) is 0 Å². The molecule has 0 spiro atoms. The zero-order chi connectivity index (χ0) is 0. The molecule has 0 bridgehead atoms. The summed E-state index contributed by atoms with van der Waals surface area (Å²) in [4.78, 5) is 0. The molecule has 0 saturated carbocycles. The first-order valence-corrected chi connectivity index (χ1v) is 0. The van der Waals surface area contributed by atoms with Gasteiger partial charge in [0.05, 0.1) is 0 Å². The molecule has 2 N–H and O–H groups in total. The molecule has 0 amide bonds. The third-order valence-electron chi connectivity index (χ3n) is 0. The van der Waals surface area contributed by atoms with Crippen molar-refractivity contribution >= 4 is 101 Å². The van der Waals surface area contributed by atoms with E-state index in [9.17, 15) is 0 Å². The monoisotopic (exact) mass is 244 g/mol. The van der Waals surface area contributed by atoms with Crippen LogP contribution in [0.15, 0.2) is 0 Å². The largest absolute Gasteiger partial charge is 2.00 e. The fraction of sp³-hybridized carbons (Fsp3) is 0. The average Bonchev–Trinajstić information content (AvgIpc) is 0. The smallest absolute Gasteiger partial charge is 1.00 e. The molecule has 1 nitrogen and oxygen atoms in total. The maximum atomic E-state index is 0. The fourth-order valence-corrected chi connectivity index (χ4v) is 0. The molecule has 0 aliphatic rings. The summed E-state index contributed by atoms with van der Waals surface area (Å²) < 4.78 is 0. The van der Waals surface area contributed by atoms with Crippen molar-refractivity contribution in [2.45, 2.75) is 0 Å². The van der Waals surface area contributed by atoms with E-state index in [0.29, 0.717) is 0 Å². The average molecular weight is 245 g/mol. The Morgan fingerprint density at radius 2 is 1.20 bits per heavy atom. The zero-order valence-corrected chi connectivity index (χ0v) is 11.3. The molecule has 24 valence electrons. The van der Waals surface area contributed by atoms with Crippen LogP contribution in [-0.2, 0) is 19.5 Å². The van der Waals surface area contributed by atoms with Crippen molar-refractivity contribution in [3.05, 3.63) is 0 Å². The van der Waals surface area contributed by atoms with Gasteiger partial charge in [0, 0.05) is 19.5 Å². The Bertz CT molecular complexity index is 20.5. The van der Waals surface area contributed by atoms with Crippen molar-refractivity contribution < 1.29 is 30.7 Å². The van der Waals surface area contributed by atoms with Gasteiger partial charge in [0.15, 0.2) is 17.4 Å². The van der Waals surface area contributed by atoms with Crippen LogP contribution >= 0.6 is 0 Å². The van der Waals surface area contributed by atoms with Gasteiger partial charge in [-0.25, -0.2) is 0 Å². The normalized spacial score (nSPS) is 0. The van der Waals surface area contributed by atoms with E-state index in [-0.39, 0.29) is 131 Å². The van der Waals surface area contributed by atoms with Crippen LogP contribution in [0, 0.1) is 0 Å². The van der Waals surface area contributed by atoms with Crippen LogP contribution in [0.5, 0.6) is 0 Å². The van der Waals surface area contributed by atoms with Gasteiger partial charge < -0.3 is 11.2 Å². The Morgan fingerprint density at radius 3 is 1.20 bits per heavy atom. The van der Waals surface area contributed by atoms with Crippen molar-refractivity contribution in [1.82, 2.24) is 0 Å². The molecule has 0 aromatic rings. The van der Waals surface area contributed by atoms with Gasteiger partial charge in [-0.3, -0.25) is 0 Å². The topological polar surface area (TPSA) is 31.5 Å². The van der Waals surface area contributed by atoms with Gasteiger partial charge in [0.1, 0.15) is 0 Å². The Labute approximate surface area is 128 Å². The van der Waals surface area contributed by atoms with Gasteiger partial charge >= 0.3 is 83.2 Å². The van der Waals surface area contributed by atoms with Gasteiger partial charge in [0.25, 0.3) is 0 Å². The molecule has 0 aliphatic carbocycles. The van der Waals surface area contributed by atoms with Crippen LogP contribution in [-0.4, -0.2) is 106 Å². The van der Waals surface area contributed by atoms with Crippen LogP contribution in [0.3, 0.4) is 0 Å². The van der Waals surface area contributed by atoms with E-state index >= 15 is 0 Å². The number of hydrogen-bond donors (Lipinski definition) is 0. The summed E-state index contributed by atoms with van der Waals surface area (Å²) in [5.41, 5.74) is 0. The van der Waals surface area contributed by atoms with Crippen LogP contribution in [0.2, 0.25) is 0 Å². The quantitative estimate of drug-likeness (QED) is 0.429. The summed E-state index contributed by atoms with van der Waals surface area (Å²) in [5, 5.41) is 0. The molecule has 0 rings (SSSR count). The summed E-state index contributed by atoms with van der Waals surface area (Å²) in [6.07, 6.45) is 0. The predicted molar refractivity (Wildman–Crippen MR) is 29.5 cm³/mol. The van der Waals surface area contributed by atoms with Gasteiger partial charge in [-0.15, -0.1) is 0 Å². The second-order valence-corrected chi connectivity index (χ2v) is 0. The number of rotatable bonds is 0. The third-order valence-corrected chi connectivity index (χ3v) is 0. The van der Waals surface area contributed by atoms with Gasteiger partial charge in [-0.2, -0.15) is 0 Å². The van der Waals surface area contributed by atoms with Crippen LogP contribution < -0.4 is 0 Å². The Kier molecular flexibility index (Phi) is 183. The minimum Gasteiger partial charge on any atom is -1.00 e. The molecule has 0 aliphatic heterocycles. The first-order chi connectivity index (χ1) is 0.